The maximum absolute atomic E-state index is 12.3. The number of amides is 2. The number of nitrogens with one attached hydrogen (secondary N) is 2. The summed E-state index contributed by atoms with van der Waals surface area (Å²) >= 11 is 1.38. The summed E-state index contributed by atoms with van der Waals surface area (Å²) in [4.78, 5) is 46.3. The monoisotopic (exact) mass is 480 g/mol. The molecule has 0 radical (unpaired) electrons. The first-order valence-electron chi connectivity index (χ1n) is 10.0. The van der Waals surface area contributed by atoms with Crippen LogP contribution in [0.5, 0.6) is 0 Å². The largest absolute Gasteiger partial charge is 0.481 e. The van der Waals surface area contributed by atoms with Gasteiger partial charge in [0, 0.05) is 19.1 Å². The zero-order valence-corrected chi connectivity index (χ0v) is 19.4. The van der Waals surface area contributed by atoms with Crippen LogP contribution in [-0.2, 0) is 28.6 Å². The minimum absolute atomic E-state index is 0.0163. The molecule has 1 saturated heterocycles. The highest BCUT2D eigenvalue weighted by Gasteiger charge is 2.54. The number of hydrogen-bond donors (Lipinski definition) is 5. The predicted octanol–water partition coefficient (Wildman–Crippen LogP) is 0.519. The number of rotatable bonds is 11. The smallest absolute Gasteiger partial charge is 0.407 e. The maximum atomic E-state index is 12.3. The van der Waals surface area contributed by atoms with Crippen molar-refractivity contribution in [3.05, 3.63) is 0 Å². The van der Waals surface area contributed by atoms with Gasteiger partial charge in [0.05, 0.1) is 19.1 Å². The van der Waals surface area contributed by atoms with Gasteiger partial charge in [-0.1, -0.05) is 0 Å². The van der Waals surface area contributed by atoms with Crippen LogP contribution in [0.25, 0.3) is 0 Å². The summed E-state index contributed by atoms with van der Waals surface area (Å²) in [5.74, 6) is -4.25. The van der Waals surface area contributed by atoms with Crippen LogP contribution < -0.4 is 10.6 Å². The first-order valence-corrected chi connectivity index (χ1v) is 11.2. The van der Waals surface area contributed by atoms with Crippen molar-refractivity contribution >= 4 is 35.7 Å². The quantitative estimate of drug-likeness (QED) is 0.260. The van der Waals surface area contributed by atoms with Crippen molar-refractivity contribution in [2.24, 2.45) is 0 Å². The first-order chi connectivity index (χ1) is 14.8. The Labute approximate surface area is 190 Å². The lowest BCUT2D eigenvalue weighted by Crippen LogP contribution is -2.67. The van der Waals surface area contributed by atoms with Crippen LogP contribution in [-0.4, -0.2) is 87.1 Å². The molecule has 184 valence electrons. The molecule has 5 N–H and O–H groups in total. The van der Waals surface area contributed by atoms with Gasteiger partial charge in [0.1, 0.15) is 11.6 Å². The lowest BCUT2D eigenvalue weighted by atomic mass is 9.94. The fourth-order valence-corrected chi connectivity index (χ4v) is 3.74. The first kappa shape index (κ1) is 27.9. The van der Waals surface area contributed by atoms with Crippen LogP contribution in [0.15, 0.2) is 0 Å². The van der Waals surface area contributed by atoms with Gasteiger partial charge < -0.3 is 40.2 Å². The molecule has 0 aromatic rings. The van der Waals surface area contributed by atoms with Crippen molar-refractivity contribution < 1.29 is 48.7 Å². The Kier molecular flexibility index (Phi) is 10.7. The molecule has 0 unspecified atom stereocenters. The Morgan fingerprint density at radius 3 is 2.34 bits per heavy atom. The Morgan fingerprint density at radius 2 is 1.81 bits per heavy atom. The van der Waals surface area contributed by atoms with E-state index < -0.39 is 60.1 Å². The molecular weight excluding hydrogens is 448 g/mol. The minimum Gasteiger partial charge on any atom is -0.481 e. The number of aliphatic hydroxyl groups is 1. The number of carboxylic acids is 2. The zero-order chi connectivity index (χ0) is 24.5. The third-order valence-electron chi connectivity index (χ3n) is 4.17. The Balaban J connectivity index is 2.86. The number of hydrogen-bond acceptors (Lipinski definition) is 9. The fourth-order valence-electron chi connectivity index (χ4n) is 2.89. The predicted molar refractivity (Wildman–Crippen MR) is 113 cm³/mol. The van der Waals surface area contributed by atoms with E-state index in [2.05, 4.69) is 10.6 Å². The zero-order valence-electron chi connectivity index (χ0n) is 18.6. The Hall–Kier alpha value is -2.09. The number of aliphatic carboxylic acids is 2. The van der Waals surface area contributed by atoms with Crippen molar-refractivity contribution in [2.75, 3.05) is 18.1 Å². The SMILES string of the molecule is CC(=O)N[C@@H]1[C@@H](NC(=O)OC(C)(C)C)C[C@](OCCCSCCC(=O)O)(C(=O)O)O[C@H]1O. The lowest BCUT2D eigenvalue weighted by Gasteiger charge is -2.44. The van der Waals surface area contributed by atoms with E-state index in [4.69, 9.17) is 19.3 Å². The van der Waals surface area contributed by atoms with Crippen molar-refractivity contribution in [1.29, 1.82) is 0 Å². The van der Waals surface area contributed by atoms with Gasteiger partial charge in [0.2, 0.25) is 5.91 Å². The highest BCUT2D eigenvalue weighted by atomic mass is 32.2. The lowest BCUT2D eigenvalue weighted by molar-refractivity contribution is -0.321. The molecule has 0 aromatic carbocycles. The molecule has 1 aliphatic rings. The number of carboxylic acid groups (broad SMARTS) is 2. The van der Waals surface area contributed by atoms with Gasteiger partial charge >= 0.3 is 18.0 Å². The van der Waals surface area contributed by atoms with Crippen molar-refractivity contribution in [3.8, 4) is 0 Å². The fraction of sp³-hybridized carbons (Fsp3) is 0.789. The molecule has 4 atom stereocenters. The molecule has 12 nitrogen and oxygen atoms in total. The number of thioether (sulfide) groups is 1. The van der Waals surface area contributed by atoms with E-state index in [9.17, 15) is 29.4 Å². The average molecular weight is 481 g/mol. The number of alkyl carbamates (subject to hydrolysis) is 1. The van der Waals surface area contributed by atoms with E-state index in [1.807, 2.05) is 0 Å². The third kappa shape index (κ3) is 9.59. The molecular formula is C19H32N2O10S. The molecule has 32 heavy (non-hydrogen) atoms. The van der Waals surface area contributed by atoms with Gasteiger partial charge in [-0.05, 0) is 32.9 Å². The van der Waals surface area contributed by atoms with Gasteiger partial charge in [-0.2, -0.15) is 11.8 Å². The van der Waals surface area contributed by atoms with Crippen molar-refractivity contribution in [2.45, 2.75) is 76.7 Å². The Morgan fingerprint density at radius 1 is 1.16 bits per heavy atom. The molecule has 0 spiro atoms. The number of carbonyl (C=O) groups excluding carboxylic acids is 2. The molecule has 0 saturated carbocycles. The summed E-state index contributed by atoms with van der Waals surface area (Å²) in [5.41, 5.74) is -0.823. The second-order valence-corrected chi connectivity index (χ2v) is 9.43. The van der Waals surface area contributed by atoms with E-state index in [0.717, 1.165) is 0 Å². The second kappa shape index (κ2) is 12.2. The summed E-state index contributed by atoms with van der Waals surface area (Å²) in [7, 11) is 0. The van der Waals surface area contributed by atoms with Crippen LogP contribution >= 0.6 is 11.8 Å². The maximum Gasteiger partial charge on any atom is 0.407 e. The van der Waals surface area contributed by atoms with Crippen LogP contribution in [0.1, 0.15) is 47.0 Å². The average Bonchev–Trinajstić information content (AvgIpc) is 2.61. The van der Waals surface area contributed by atoms with Crippen LogP contribution in [0.2, 0.25) is 0 Å². The van der Waals surface area contributed by atoms with Gasteiger partial charge in [0.25, 0.3) is 5.79 Å². The van der Waals surface area contributed by atoms with Crippen LogP contribution in [0.4, 0.5) is 4.79 Å². The topological polar surface area (TPSA) is 181 Å². The van der Waals surface area contributed by atoms with Crippen molar-refractivity contribution in [1.82, 2.24) is 10.6 Å². The molecule has 0 aliphatic carbocycles. The third-order valence-corrected chi connectivity index (χ3v) is 5.24. The van der Waals surface area contributed by atoms with Gasteiger partial charge in [0.15, 0.2) is 6.29 Å². The van der Waals surface area contributed by atoms with E-state index in [1.165, 1.54) is 18.7 Å². The highest BCUT2D eigenvalue weighted by molar-refractivity contribution is 7.99. The molecule has 1 aliphatic heterocycles. The highest BCUT2D eigenvalue weighted by Crippen LogP contribution is 2.31. The minimum atomic E-state index is -2.26. The molecule has 1 fully saturated rings. The van der Waals surface area contributed by atoms with Gasteiger partial charge in [-0.15, -0.1) is 0 Å². The van der Waals surface area contributed by atoms with Crippen molar-refractivity contribution in [3.63, 3.8) is 0 Å². The number of aliphatic hydroxyl groups excluding tert-OH is 1. The molecule has 2 amide bonds. The van der Waals surface area contributed by atoms with Gasteiger partial charge in [-0.3, -0.25) is 9.59 Å². The number of carbonyl (C=O) groups is 4. The molecule has 1 heterocycles. The summed E-state index contributed by atoms with van der Waals surface area (Å²) in [6.45, 7) is 6.10. The van der Waals surface area contributed by atoms with Crippen LogP contribution in [0.3, 0.4) is 0 Å². The summed E-state index contributed by atoms with van der Waals surface area (Å²) in [5, 5.41) is 33.7. The van der Waals surface area contributed by atoms with E-state index in [1.54, 1.807) is 20.8 Å². The van der Waals surface area contributed by atoms with Crippen LogP contribution in [0, 0.1) is 0 Å². The summed E-state index contributed by atoms with van der Waals surface area (Å²) in [6, 6.07) is -2.21. The molecule has 1 rings (SSSR count). The van der Waals surface area contributed by atoms with E-state index in [-0.39, 0.29) is 13.0 Å². The number of ether oxygens (including phenoxy) is 3. The molecule has 13 heteroatoms. The second-order valence-electron chi connectivity index (χ2n) is 8.21. The summed E-state index contributed by atoms with van der Waals surface area (Å²) in [6.07, 6.45) is -2.63. The Bertz CT molecular complexity index is 684. The van der Waals surface area contributed by atoms with E-state index in [0.29, 0.717) is 17.9 Å². The molecule has 0 aromatic heterocycles. The molecule has 0 bridgehead atoms. The van der Waals surface area contributed by atoms with E-state index >= 15 is 0 Å². The standard InChI is InChI=1S/C19H32N2O10S/c1-11(22)20-14-12(21-17(28)31-18(2,3)4)10-19(16(26)27,30-15(14)25)29-7-5-8-32-9-6-13(23)24/h12,14-15,25H,5-10H2,1-4H3,(H,20,22)(H,21,28)(H,23,24)(H,26,27)/t12-,14+,15+,19+/m0/s1. The van der Waals surface area contributed by atoms with Gasteiger partial charge in [-0.25, -0.2) is 9.59 Å². The summed E-state index contributed by atoms with van der Waals surface area (Å²) < 4.78 is 15.9. The normalized spacial score (nSPS) is 25.6.